The summed E-state index contributed by atoms with van der Waals surface area (Å²) < 4.78 is 0. The zero-order chi connectivity index (χ0) is 13.4. The lowest BCUT2D eigenvalue weighted by Crippen LogP contribution is -2.17. The Morgan fingerprint density at radius 3 is 2.84 bits per heavy atom. The number of thiazole rings is 1. The fraction of sp³-hybridized carbons (Fsp3) is 0.400. The highest BCUT2D eigenvalue weighted by Crippen LogP contribution is 2.43. The van der Waals surface area contributed by atoms with Gasteiger partial charge in [0.15, 0.2) is 5.13 Å². The van der Waals surface area contributed by atoms with Crippen molar-refractivity contribution < 1.29 is 0 Å². The van der Waals surface area contributed by atoms with Crippen molar-refractivity contribution in [2.45, 2.75) is 26.2 Å². The summed E-state index contributed by atoms with van der Waals surface area (Å²) in [5.41, 5.74) is 9.60. The molecule has 0 saturated heterocycles. The van der Waals surface area contributed by atoms with Gasteiger partial charge in [-0.25, -0.2) is 4.98 Å². The van der Waals surface area contributed by atoms with E-state index >= 15 is 0 Å². The maximum absolute atomic E-state index is 5.75. The summed E-state index contributed by atoms with van der Waals surface area (Å²) in [6, 6.07) is 8.63. The number of nitrogens with two attached hydrogens (primary N) is 1. The molecular weight excluding hydrogens is 254 g/mol. The number of benzene rings is 1. The van der Waals surface area contributed by atoms with Crippen molar-refractivity contribution in [3.8, 4) is 0 Å². The SMILES string of the molecule is Cc1nc(N2CC(CCN)c3ccccc32)sc1C. The molecule has 4 heteroatoms. The van der Waals surface area contributed by atoms with Gasteiger partial charge in [0.05, 0.1) is 5.69 Å². The monoisotopic (exact) mass is 273 g/mol. The molecule has 1 aliphatic rings. The number of rotatable bonds is 3. The standard InChI is InChI=1S/C15H19N3S/c1-10-11(2)19-15(17-10)18-9-12(7-8-16)13-5-3-4-6-14(13)18/h3-6,12H,7-9,16H2,1-2H3. The molecule has 1 atom stereocenters. The van der Waals surface area contributed by atoms with Crippen LogP contribution in [0.5, 0.6) is 0 Å². The van der Waals surface area contributed by atoms with Crippen LogP contribution in [0.4, 0.5) is 10.8 Å². The van der Waals surface area contributed by atoms with Crippen LogP contribution in [0.3, 0.4) is 0 Å². The van der Waals surface area contributed by atoms with Crippen LogP contribution >= 0.6 is 11.3 Å². The van der Waals surface area contributed by atoms with E-state index in [4.69, 9.17) is 10.7 Å². The molecule has 0 fully saturated rings. The number of para-hydroxylation sites is 1. The second kappa shape index (κ2) is 4.94. The van der Waals surface area contributed by atoms with Crippen molar-refractivity contribution in [1.29, 1.82) is 0 Å². The summed E-state index contributed by atoms with van der Waals surface area (Å²) in [5.74, 6) is 0.533. The van der Waals surface area contributed by atoms with Crippen molar-refractivity contribution in [2.24, 2.45) is 5.73 Å². The van der Waals surface area contributed by atoms with E-state index < -0.39 is 0 Å². The van der Waals surface area contributed by atoms with E-state index in [1.165, 1.54) is 16.1 Å². The van der Waals surface area contributed by atoms with E-state index in [9.17, 15) is 0 Å². The number of nitrogens with zero attached hydrogens (tertiary/aromatic N) is 2. The molecule has 1 aromatic carbocycles. The Balaban J connectivity index is 2.00. The molecule has 0 amide bonds. The lowest BCUT2D eigenvalue weighted by atomic mass is 9.98. The van der Waals surface area contributed by atoms with E-state index in [0.29, 0.717) is 5.92 Å². The number of hydrogen-bond acceptors (Lipinski definition) is 4. The second-order valence-electron chi connectivity index (χ2n) is 5.08. The van der Waals surface area contributed by atoms with Gasteiger partial charge in [-0.1, -0.05) is 18.2 Å². The molecule has 1 unspecified atom stereocenters. The highest BCUT2D eigenvalue weighted by molar-refractivity contribution is 7.15. The molecule has 1 aromatic heterocycles. The third kappa shape index (κ3) is 2.15. The molecule has 1 aliphatic heterocycles. The molecule has 3 rings (SSSR count). The van der Waals surface area contributed by atoms with Gasteiger partial charge in [-0.05, 0) is 38.4 Å². The fourth-order valence-electron chi connectivity index (χ4n) is 2.70. The van der Waals surface area contributed by atoms with Gasteiger partial charge in [0.25, 0.3) is 0 Å². The third-order valence-electron chi connectivity index (χ3n) is 3.83. The number of anilines is 2. The lowest BCUT2D eigenvalue weighted by molar-refractivity contribution is 0.668. The van der Waals surface area contributed by atoms with Gasteiger partial charge < -0.3 is 10.6 Å². The summed E-state index contributed by atoms with van der Waals surface area (Å²) in [7, 11) is 0. The lowest BCUT2D eigenvalue weighted by Gasteiger charge is -2.16. The average molecular weight is 273 g/mol. The van der Waals surface area contributed by atoms with Gasteiger partial charge in [0.2, 0.25) is 0 Å². The van der Waals surface area contributed by atoms with Crippen LogP contribution in [0.1, 0.15) is 28.5 Å². The topological polar surface area (TPSA) is 42.2 Å². The minimum atomic E-state index is 0.533. The highest BCUT2D eigenvalue weighted by atomic mass is 32.1. The first kappa shape index (κ1) is 12.6. The molecule has 0 radical (unpaired) electrons. The predicted molar refractivity (Wildman–Crippen MR) is 81.4 cm³/mol. The normalized spacial score (nSPS) is 17.8. The molecule has 19 heavy (non-hydrogen) atoms. The third-order valence-corrected chi connectivity index (χ3v) is 4.93. The second-order valence-corrected chi connectivity index (χ2v) is 6.26. The van der Waals surface area contributed by atoms with E-state index in [1.807, 2.05) is 0 Å². The summed E-state index contributed by atoms with van der Waals surface area (Å²) in [6.07, 6.45) is 1.04. The van der Waals surface area contributed by atoms with Crippen LogP contribution in [0.15, 0.2) is 24.3 Å². The largest absolute Gasteiger partial charge is 0.330 e. The summed E-state index contributed by atoms with van der Waals surface area (Å²) in [6.45, 7) is 5.95. The molecular formula is C15H19N3S. The van der Waals surface area contributed by atoms with Crippen LogP contribution in [0.2, 0.25) is 0 Å². The Bertz CT molecular complexity index is 571. The van der Waals surface area contributed by atoms with Gasteiger partial charge in [-0.15, -0.1) is 11.3 Å². The minimum absolute atomic E-state index is 0.533. The first-order valence-electron chi connectivity index (χ1n) is 6.71. The Hall–Kier alpha value is -1.39. The van der Waals surface area contributed by atoms with Gasteiger partial charge in [0.1, 0.15) is 0 Å². The fourth-order valence-corrected chi connectivity index (χ4v) is 3.63. The van der Waals surface area contributed by atoms with Crippen molar-refractivity contribution in [1.82, 2.24) is 4.98 Å². The Kier molecular flexibility index (Phi) is 3.29. The molecule has 0 spiro atoms. The number of hydrogen-bond donors (Lipinski definition) is 1. The Morgan fingerprint density at radius 2 is 2.16 bits per heavy atom. The van der Waals surface area contributed by atoms with Crippen molar-refractivity contribution in [3.05, 3.63) is 40.4 Å². The number of fused-ring (bicyclic) bond motifs is 1. The quantitative estimate of drug-likeness (QED) is 0.932. The molecule has 100 valence electrons. The first-order valence-corrected chi connectivity index (χ1v) is 7.53. The summed E-state index contributed by atoms with van der Waals surface area (Å²) in [5, 5.41) is 1.11. The Morgan fingerprint density at radius 1 is 1.37 bits per heavy atom. The van der Waals surface area contributed by atoms with Crippen molar-refractivity contribution in [3.63, 3.8) is 0 Å². The molecule has 0 aliphatic carbocycles. The number of aromatic nitrogens is 1. The van der Waals surface area contributed by atoms with Gasteiger partial charge >= 0.3 is 0 Å². The van der Waals surface area contributed by atoms with E-state index in [-0.39, 0.29) is 0 Å². The van der Waals surface area contributed by atoms with Crippen LogP contribution < -0.4 is 10.6 Å². The smallest absolute Gasteiger partial charge is 0.190 e. The Labute approximate surface area is 118 Å². The predicted octanol–water partition coefficient (Wildman–Crippen LogP) is 3.34. The van der Waals surface area contributed by atoms with Gasteiger partial charge in [-0.2, -0.15) is 0 Å². The van der Waals surface area contributed by atoms with Crippen LogP contribution in [0, 0.1) is 13.8 Å². The summed E-state index contributed by atoms with van der Waals surface area (Å²) in [4.78, 5) is 8.35. The van der Waals surface area contributed by atoms with Gasteiger partial charge in [0, 0.05) is 23.0 Å². The molecule has 0 saturated carbocycles. The highest BCUT2D eigenvalue weighted by Gasteiger charge is 2.30. The maximum atomic E-state index is 5.75. The molecule has 3 nitrogen and oxygen atoms in total. The van der Waals surface area contributed by atoms with Gasteiger partial charge in [-0.3, -0.25) is 0 Å². The van der Waals surface area contributed by atoms with Crippen molar-refractivity contribution in [2.75, 3.05) is 18.0 Å². The molecule has 2 aromatic rings. The van der Waals surface area contributed by atoms with Crippen LogP contribution in [0.25, 0.3) is 0 Å². The first-order chi connectivity index (χ1) is 9.20. The van der Waals surface area contributed by atoms with E-state index in [2.05, 4.69) is 43.0 Å². The molecule has 0 bridgehead atoms. The molecule has 2 N–H and O–H groups in total. The van der Waals surface area contributed by atoms with Crippen molar-refractivity contribution >= 4 is 22.2 Å². The maximum Gasteiger partial charge on any atom is 0.190 e. The number of aryl methyl sites for hydroxylation is 2. The van der Waals surface area contributed by atoms with E-state index in [1.54, 1.807) is 11.3 Å². The van der Waals surface area contributed by atoms with Crippen LogP contribution in [-0.4, -0.2) is 18.1 Å². The zero-order valence-electron chi connectivity index (χ0n) is 11.4. The summed E-state index contributed by atoms with van der Waals surface area (Å²) >= 11 is 1.78. The van der Waals surface area contributed by atoms with Crippen LogP contribution in [-0.2, 0) is 0 Å². The zero-order valence-corrected chi connectivity index (χ0v) is 12.2. The van der Waals surface area contributed by atoms with E-state index in [0.717, 1.165) is 30.3 Å². The average Bonchev–Trinajstić information content (AvgIpc) is 2.93. The molecule has 2 heterocycles. The minimum Gasteiger partial charge on any atom is -0.330 e.